The van der Waals surface area contributed by atoms with Crippen LogP contribution in [0.2, 0.25) is 0 Å². The fourth-order valence-electron chi connectivity index (χ4n) is 3.10. The van der Waals surface area contributed by atoms with Crippen molar-refractivity contribution in [3.63, 3.8) is 0 Å². The van der Waals surface area contributed by atoms with Crippen LogP contribution >= 0.6 is 0 Å². The highest BCUT2D eigenvalue weighted by molar-refractivity contribution is 5.70. The van der Waals surface area contributed by atoms with E-state index in [2.05, 4.69) is 41.7 Å². The van der Waals surface area contributed by atoms with Crippen LogP contribution < -0.4 is 10.1 Å². The van der Waals surface area contributed by atoms with Gasteiger partial charge in [0.1, 0.15) is 18.5 Å². The third kappa shape index (κ3) is 7.17. The fourth-order valence-corrected chi connectivity index (χ4v) is 3.10. The number of ether oxygens (including phenoxy) is 1. The van der Waals surface area contributed by atoms with E-state index < -0.39 is 6.10 Å². The standard InChI is InChI=1S/C25H30N2O3/c1-19(12-13-21-8-4-3-5-9-21)26-17-23(28)18-29-25-11-7-6-10-22(25)14-15-24-16-20(2)27-30-24/h3-11,14-16,19,23,26,28H,12-13,17-18H2,1-2H3/b15-14-. The van der Waals surface area contributed by atoms with Crippen molar-refractivity contribution in [2.45, 2.75) is 38.8 Å². The van der Waals surface area contributed by atoms with Crippen molar-refractivity contribution in [3.8, 4) is 5.75 Å². The molecule has 1 aromatic heterocycles. The molecule has 30 heavy (non-hydrogen) atoms. The summed E-state index contributed by atoms with van der Waals surface area (Å²) in [7, 11) is 0. The Balaban J connectivity index is 1.43. The fraction of sp³-hybridized carbons (Fsp3) is 0.320. The zero-order chi connectivity index (χ0) is 21.2. The second-order valence-electron chi connectivity index (χ2n) is 7.54. The molecule has 2 aromatic carbocycles. The first kappa shape index (κ1) is 21.8. The Labute approximate surface area is 178 Å². The van der Waals surface area contributed by atoms with Crippen molar-refractivity contribution in [3.05, 3.63) is 83.2 Å². The normalized spacial score (nSPS) is 13.4. The average Bonchev–Trinajstić information content (AvgIpc) is 3.19. The predicted octanol–water partition coefficient (Wildman–Crippen LogP) is 4.50. The lowest BCUT2D eigenvalue weighted by Gasteiger charge is -2.18. The van der Waals surface area contributed by atoms with Crippen LogP contribution in [0.15, 0.2) is 65.2 Å². The van der Waals surface area contributed by atoms with E-state index in [0.717, 1.165) is 29.8 Å². The number of aryl methyl sites for hydroxylation is 2. The minimum atomic E-state index is -0.585. The molecule has 0 fully saturated rings. The first-order chi connectivity index (χ1) is 14.6. The van der Waals surface area contributed by atoms with Gasteiger partial charge in [-0.1, -0.05) is 53.7 Å². The van der Waals surface area contributed by atoms with Gasteiger partial charge in [0.25, 0.3) is 0 Å². The number of nitrogens with zero attached hydrogens (tertiary/aromatic N) is 1. The number of aliphatic hydroxyl groups is 1. The summed E-state index contributed by atoms with van der Waals surface area (Å²) in [6.07, 6.45) is 5.23. The van der Waals surface area contributed by atoms with Crippen LogP contribution in [-0.2, 0) is 6.42 Å². The molecule has 2 N–H and O–H groups in total. The lowest BCUT2D eigenvalue weighted by atomic mass is 10.1. The topological polar surface area (TPSA) is 67.5 Å². The Morgan fingerprint density at radius 1 is 1.10 bits per heavy atom. The number of hydrogen-bond donors (Lipinski definition) is 2. The Kier molecular flexibility index (Phi) is 8.24. The maximum atomic E-state index is 10.3. The maximum Gasteiger partial charge on any atom is 0.159 e. The number of aliphatic hydroxyl groups excluding tert-OH is 1. The minimum Gasteiger partial charge on any atom is -0.490 e. The number of aromatic nitrogens is 1. The molecule has 2 unspecified atom stereocenters. The molecular weight excluding hydrogens is 376 g/mol. The van der Waals surface area contributed by atoms with Crippen LogP contribution in [0.1, 0.15) is 35.9 Å². The summed E-state index contributed by atoms with van der Waals surface area (Å²) >= 11 is 0. The van der Waals surface area contributed by atoms with E-state index in [1.165, 1.54) is 5.56 Å². The van der Waals surface area contributed by atoms with E-state index in [-0.39, 0.29) is 6.61 Å². The lowest BCUT2D eigenvalue weighted by molar-refractivity contribution is 0.104. The van der Waals surface area contributed by atoms with Crippen molar-refractivity contribution < 1.29 is 14.4 Å². The lowest BCUT2D eigenvalue weighted by Crippen LogP contribution is -2.36. The molecule has 5 heteroatoms. The van der Waals surface area contributed by atoms with Crippen LogP contribution in [0.5, 0.6) is 5.75 Å². The van der Waals surface area contributed by atoms with Gasteiger partial charge in [0, 0.05) is 24.2 Å². The maximum absolute atomic E-state index is 10.3. The molecule has 3 aromatic rings. The molecule has 0 aliphatic rings. The first-order valence-electron chi connectivity index (χ1n) is 10.4. The highest BCUT2D eigenvalue weighted by Crippen LogP contribution is 2.21. The SMILES string of the molecule is Cc1cc(/C=C\c2ccccc2OCC(O)CNC(C)CCc2ccccc2)on1. The van der Waals surface area contributed by atoms with Crippen molar-refractivity contribution in [1.82, 2.24) is 10.5 Å². The molecule has 0 aliphatic heterocycles. The second-order valence-corrected chi connectivity index (χ2v) is 7.54. The van der Waals surface area contributed by atoms with Crippen LogP contribution in [0.4, 0.5) is 0 Å². The summed E-state index contributed by atoms with van der Waals surface area (Å²) in [5.41, 5.74) is 3.09. The van der Waals surface area contributed by atoms with E-state index in [1.54, 1.807) is 0 Å². The number of nitrogens with one attached hydrogen (secondary N) is 1. The number of benzene rings is 2. The monoisotopic (exact) mass is 406 g/mol. The molecule has 0 amide bonds. The highest BCUT2D eigenvalue weighted by atomic mass is 16.5. The van der Waals surface area contributed by atoms with Gasteiger partial charge >= 0.3 is 0 Å². The molecular formula is C25H30N2O3. The van der Waals surface area contributed by atoms with Crippen LogP contribution in [0, 0.1) is 6.92 Å². The molecule has 0 aliphatic carbocycles. The highest BCUT2D eigenvalue weighted by Gasteiger charge is 2.10. The summed E-state index contributed by atoms with van der Waals surface area (Å²) < 4.78 is 11.1. The molecule has 3 rings (SSSR count). The van der Waals surface area contributed by atoms with Crippen molar-refractivity contribution >= 4 is 12.2 Å². The zero-order valence-electron chi connectivity index (χ0n) is 17.6. The summed E-state index contributed by atoms with van der Waals surface area (Å²) in [5.74, 6) is 1.41. The van der Waals surface area contributed by atoms with Gasteiger partial charge < -0.3 is 19.7 Å². The van der Waals surface area contributed by atoms with Gasteiger partial charge in [-0.25, -0.2) is 0 Å². The Hall–Kier alpha value is -2.89. The smallest absolute Gasteiger partial charge is 0.159 e. The van der Waals surface area contributed by atoms with Gasteiger partial charge in [-0.3, -0.25) is 0 Å². The van der Waals surface area contributed by atoms with Crippen molar-refractivity contribution in [1.29, 1.82) is 0 Å². The third-order valence-electron chi connectivity index (χ3n) is 4.83. The van der Waals surface area contributed by atoms with Crippen LogP contribution in [-0.4, -0.2) is 35.6 Å². The van der Waals surface area contributed by atoms with Crippen LogP contribution in [0.25, 0.3) is 12.2 Å². The van der Waals surface area contributed by atoms with Gasteiger partial charge in [-0.15, -0.1) is 0 Å². The third-order valence-corrected chi connectivity index (χ3v) is 4.83. The molecule has 2 atom stereocenters. The van der Waals surface area contributed by atoms with Crippen molar-refractivity contribution in [2.75, 3.05) is 13.2 Å². The summed E-state index contributed by atoms with van der Waals surface area (Å²) in [6, 6.07) is 20.4. The largest absolute Gasteiger partial charge is 0.490 e. The van der Waals surface area contributed by atoms with Gasteiger partial charge in [-0.05, 0) is 50.5 Å². The van der Waals surface area contributed by atoms with E-state index >= 15 is 0 Å². The number of para-hydroxylation sites is 1. The first-order valence-corrected chi connectivity index (χ1v) is 10.4. The Bertz CT molecular complexity index is 921. The van der Waals surface area contributed by atoms with Gasteiger partial charge in [0.15, 0.2) is 5.76 Å². The van der Waals surface area contributed by atoms with Gasteiger partial charge in [0.05, 0.1) is 5.69 Å². The van der Waals surface area contributed by atoms with E-state index in [1.807, 2.05) is 55.5 Å². The summed E-state index contributed by atoms with van der Waals surface area (Å²) in [4.78, 5) is 0. The average molecular weight is 407 g/mol. The van der Waals surface area contributed by atoms with Gasteiger partial charge in [0.2, 0.25) is 0 Å². The molecule has 5 nitrogen and oxygen atoms in total. The molecule has 0 radical (unpaired) electrons. The second kappa shape index (κ2) is 11.3. The van der Waals surface area contributed by atoms with E-state index in [9.17, 15) is 5.11 Å². The minimum absolute atomic E-state index is 0.227. The number of hydrogen-bond acceptors (Lipinski definition) is 5. The predicted molar refractivity (Wildman–Crippen MR) is 120 cm³/mol. The molecule has 158 valence electrons. The van der Waals surface area contributed by atoms with E-state index in [4.69, 9.17) is 9.26 Å². The summed E-state index contributed by atoms with van der Waals surface area (Å²) in [5, 5.41) is 17.6. The quantitative estimate of drug-likeness (QED) is 0.491. The Morgan fingerprint density at radius 3 is 2.63 bits per heavy atom. The molecule has 0 saturated carbocycles. The van der Waals surface area contributed by atoms with E-state index in [0.29, 0.717) is 18.3 Å². The summed E-state index contributed by atoms with van der Waals surface area (Å²) in [6.45, 7) is 4.74. The zero-order valence-corrected chi connectivity index (χ0v) is 17.6. The molecule has 0 spiro atoms. The molecule has 0 bridgehead atoms. The van der Waals surface area contributed by atoms with Gasteiger partial charge in [-0.2, -0.15) is 0 Å². The molecule has 0 saturated heterocycles. The van der Waals surface area contributed by atoms with Crippen molar-refractivity contribution in [2.24, 2.45) is 0 Å². The van der Waals surface area contributed by atoms with Crippen LogP contribution in [0.3, 0.4) is 0 Å². The Morgan fingerprint density at radius 2 is 1.87 bits per heavy atom. The number of rotatable bonds is 11. The molecule has 1 heterocycles.